The first-order valence-electron chi connectivity index (χ1n) is 8.13. The van der Waals surface area contributed by atoms with E-state index in [9.17, 15) is 0 Å². The summed E-state index contributed by atoms with van der Waals surface area (Å²) in [5.41, 5.74) is 6.21. The molecule has 1 aromatic heterocycles. The second kappa shape index (κ2) is 4.28. The van der Waals surface area contributed by atoms with Crippen LogP contribution in [0, 0.1) is 6.92 Å². The van der Waals surface area contributed by atoms with Crippen LogP contribution in [0.1, 0.15) is 24.1 Å². The molecule has 0 atom stereocenters. The summed E-state index contributed by atoms with van der Waals surface area (Å²) in [5.74, 6) is 0.868. The van der Waals surface area contributed by atoms with Crippen molar-refractivity contribution in [3.05, 3.63) is 59.9 Å². The normalized spacial score (nSPS) is 20.3. The van der Waals surface area contributed by atoms with Gasteiger partial charge in [-0.25, -0.2) is 4.98 Å². The number of benzene rings is 1. The van der Waals surface area contributed by atoms with Crippen LogP contribution in [0.2, 0.25) is 0 Å². The fourth-order valence-electron chi connectivity index (χ4n) is 3.95. The van der Waals surface area contributed by atoms with Gasteiger partial charge in [-0.2, -0.15) is 0 Å². The van der Waals surface area contributed by atoms with E-state index in [1.165, 1.54) is 36.2 Å². The molecule has 2 aliphatic heterocycles. The number of aromatic nitrogens is 1. The fraction of sp³-hybridized carbons (Fsp3) is 0.316. The molecule has 5 rings (SSSR count). The zero-order chi connectivity index (χ0) is 15.6. The largest absolute Gasteiger partial charge is 0.443 e. The van der Waals surface area contributed by atoms with Crippen molar-refractivity contribution in [3.8, 4) is 11.3 Å². The molecular weight excluding hydrogens is 286 g/mol. The second-order valence-corrected chi connectivity index (χ2v) is 6.71. The highest BCUT2D eigenvalue weighted by Crippen LogP contribution is 2.56. The van der Waals surface area contributed by atoms with E-state index >= 15 is 0 Å². The van der Waals surface area contributed by atoms with Gasteiger partial charge in [0.15, 0.2) is 12.2 Å². The third kappa shape index (κ3) is 1.69. The maximum Gasteiger partial charge on any atom is 0.181 e. The maximum atomic E-state index is 5.60. The molecule has 0 saturated heterocycles. The summed E-state index contributed by atoms with van der Waals surface area (Å²) in [6.45, 7) is 2.92. The second-order valence-electron chi connectivity index (χ2n) is 6.71. The van der Waals surface area contributed by atoms with E-state index < -0.39 is 0 Å². The van der Waals surface area contributed by atoms with Crippen molar-refractivity contribution >= 4 is 5.69 Å². The van der Waals surface area contributed by atoms with Gasteiger partial charge in [-0.15, -0.1) is 0 Å². The van der Waals surface area contributed by atoms with Crippen molar-refractivity contribution in [2.75, 3.05) is 18.5 Å². The minimum absolute atomic E-state index is 0.176. The molecule has 1 fully saturated rings. The Morgan fingerprint density at radius 1 is 1.26 bits per heavy atom. The molecule has 0 amide bonds. The Morgan fingerprint density at radius 3 is 2.87 bits per heavy atom. The molecule has 3 aliphatic rings. The third-order valence-electron chi connectivity index (χ3n) is 5.41. The molecule has 0 unspecified atom stereocenters. The SMILES string of the molecule is Cc1ncoc1-c1ccc2c(c1)N1CC=CC1=CN(C)C21CC1. The molecule has 0 bridgehead atoms. The van der Waals surface area contributed by atoms with Crippen LogP contribution in [0.3, 0.4) is 0 Å². The van der Waals surface area contributed by atoms with Gasteiger partial charge in [-0.3, -0.25) is 0 Å². The van der Waals surface area contributed by atoms with Crippen LogP contribution < -0.4 is 4.90 Å². The summed E-state index contributed by atoms with van der Waals surface area (Å²) < 4.78 is 5.60. The topological polar surface area (TPSA) is 32.5 Å². The van der Waals surface area contributed by atoms with Gasteiger partial charge in [0.2, 0.25) is 0 Å². The average Bonchev–Trinajstić information content (AvgIpc) is 3.07. The van der Waals surface area contributed by atoms with Crippen LogP contribution in [-0.4, -0.2) is 23.5 Å². The smallest absolute Gasteiger partial charge is 0.181 e. The lowest BCUT2D eigenvalue weighted by Gasteiger charge is -2.28. The van der Waals surface area contributed by atoms with Crippen LogP contribution >= 0.6 is 0 Å². The molecule has 1 spiro atoms. The molecule has 0 N–H and O–H groups in total. The van der Waals surface area contributed by atoms with Crippen LogP contribution in [0.15, 0.2) is 53.1 Å². The molecular formula is C19H19N3O. The Hall–Kier alpha value is -2.49. The van der Waals surface area contributed by atoms with Crippen molar-refractivity contribution in [1.82, 2.24) is 9.88 Å². The molecule has 1 aromatic carbocycles. The summed E-state index contributed by atoms with van der Waals surface area (Å²) >= 11 is 0. The zero-order valence-corrected chi connectivity index (χ0v) is 13.4. The first-order chi connectivity index (χ1) is 11.2. The van der Waals surface area contributed by atoms with Gasteiger partial charge in [-0.05, 0) is 31.9 Å². The standard InChI is InChI=1S/C19H19N3O/c1-13-18(23-12-20-13)14-5-6-16-17(10-14)22-9-3-4-15(22)11-21(2)19(16)7-8-19/h3-6,10-12H,7-9H2,1-2H3. The lowest BCUT2D eigenvalue weighted by atomic mass is 9.98. The summed E-state index contributed by atoms with van der Waals surface area (Å²) in [4.78, 5) is 9.03. The fourth-order valence-corrected chi connectivity index (χ4v) is 3.95. The predicted molar refractivity (Wildman–Crippen MR) is 89.9 cm³/mol. The van der Waals surface area contributed by atoms with Crippen molar-refractivity contribution in [3.63, 3.8) is 0 Å². The van der Waals surface area contributed by atoms with E-state index in [0.29, 0.717) is 0 Å². The molecule has 23 heavy (non-hydrogen) atoms. The Morgan fingerprint density at radius 2 is 2.13 bits per heavy atom. The molecule has 0 radical (unpaired) electrons. The number of nitrogens with zero attached hydrogens (tertiary/aromatic N) is 3. The van der Waals surface area contributed by atoms with E-state index in [4.69, 9.17) is 4.42 Å². The summed E-state index contributed by atoms with van der Waals surface area (Å²) in [5, 5.41) is 0. The number of fused-ring (bicyclic) bond motifs is 4. The number of aryl methyl sites for hydroxylation is 1. The molecule has 4 heteroatoms. The number of allylic oxidation sites excluding steroid dienone is 1. The van der Waals surface area contributed by atoms with Crippen LogP contribution in [-0.2, 0) is 5.54 Å². The van der Waals surface area contributed by atoms with Crippen molar-refractivity contribution < 1.29 is 4.42 Å². The number of anilines is 1. The van der Waals surface area contributed by atoms with Crippen LogP contribution in [0.4, 0.5) is 5.69 Å². The van der Waals surface area contributed by atoms with Crippen LogP contribution in [0.25, 0.3) is 11.3 Å². The van der Waals surface area contributed by atoms with E-state index in [-0.39, 0.29) is 5.54 Å². The number of rotatable bonds is 1. The zero-order valence-electron chi connectivity index (χ0n) is 13.4. The van der Waals surface area contributed by atoms with Gasteiger partial charge in [0.1, 0.15) is 0 Å². The summed E-state index contributed by atoms with van der Waals surface area (Å²) in [7, 11) is 2.20. The highest BCUT2D eigenvalue weighted by atomic mass is 16.3. The summed E-state index contributed by atoms with van der Waals surface area (Å²) in [6, 6.07) is 6.73. The third-order valence-corrected chi connectivity index (χ3v) is 5.41. The maximum absolute atomic E-state index is 5.60. The van der Waals surface area contributed by atoms with E-state index in [0.717, 1.165) is 23.6 Å². The summed E-state index contributed by atoms with van der Waals surface area (Å²) in [6.07, 6.45) is 10.7. The van der Waals surface area contributed by atoms with E-state index in [1.54, 1.807) is 0 Å². The minimum Gasteiger partial charge on any atom is -0.443 e. The Bertz CT molecular complexity index is 857. The van der Waals surface area contributed by atoms with Crippen molar-refractivity contribution in [2.45, 2.75) is 25.3 Å². The van der Waals surface area contributed by atoms with Gasteiger partial charge in [0.05, 0.1) is 16.9 Å². The van der Waals surface area contributed by atoms with Gasteiger partial charge in [-0.1, -0.05) is 18.2 Å². The van der Waals surface area contributed by atoms with Gasteiger partial charge in [0, 0.05) is 36.6 Å². The predicted octanol–water partition coefficient (Wildman–Crippen LogP) is 3.80. The molecule has 1 aliphatic carbocycles. The first-order valence-corrected chi connectivity index (χ1v) is 8.13. The highest BCUT2D eigenvalue weighted by Gasteiger charge is 2.50. The lowest BCUT2D eigenvalue weighted by molar-refractivity contribution is 0.314. The van der Waals surface area contributed by atoms with Crippen molar-refractivity contribution in [1.29, 1.82) is 0 Å². The Labute approximate surface area is 135 Å². The molecule has 4 nitrogen and oxygen atoms in total. The Balaban J connectivity index is 1.72. The monoisotopic (exact) mass is 305 g/mol. The van der Waals surface area contributed by atoms with E-state index in [1.807, 2.05) is 6.92 Å². The quantitative estimate of drug-likeness (QED) is 0.802. The minimum atomic E-state index is 0.176. The van der Waals surface area contributed by atoms with Crippen LogP contribution in [0.5, 0.6) is 0 Å². The molecule has 1 saturated carbocycles. The number of oxazole rings is 1. The molecule has 3 heterocycles. The molecule has 116 valence electrons. The average molecular weight is 305 g/mol. The molecule has 2 aromatic rings. The number of hydrogen-bond acceptors (Lipinski definition) is 4. The number of hydrogen-bond donors (Lipinski definition) is 0. The van der Waals surface area contributed by atoms with Crippen molar-refractivity contribution in [2.24, 2.45) is 0 Å². The lowest BCUT2D eigenvalue weighted by Crippen LogP contribution is -2.26. The van der Waals surface area contributed by atoms with Gasteiger partial charge in [0.25, 0.3) is 0 Å². The van der Waals surface area contributed by atoms with Gasteiger partial charge >= 0.3 is 0 Å². The Kier molecular flexibility index (Phi) is 2.42. The van der Waals surface area contributed by atoms with Gasteiger partial charge < -0.3 is 14.2 Å². The first kappa shape index (κ1) is 13.0. The van der Waals surface area contributed by atoms with E-state index in [2.05, 4.69) is 58.4 Å². The highest BCUT2D eigenvalue weighted by molar-refractivity contribution is 5.74.